The molecule has 1 unspecified atom stereocenters. The summed E-state index contributed by atoms with van der Waals surface area (Å²) >= 11 is 6.21. The first-order chi connectivity index (χ1) is 13.8. The van der Waals surface area contributed by atoms with Crippen LogP contribution in [0.1, 0.15) is 28.9 Å². The molecule has 2 aromatic rings. The predicted octanol–water partition coefficient (Wildman–Crippen LogP) is 2.72. The number of carbonyl (C=O) groups is 2. The zero-order chi connectivity index (χ0) is 21.6. The highest BCUT2D eigenvalue weighted by Gasteiger charge is 2.20. The van der Waals surface area contributed by atoms with E-state index >= 15 is 0 Å². The van der Waals surface area contributed by atoms with Crippen LogP contribution in [0.15, 0.2) is 30.3 Å². The fourth-order valence-electron chi connectivity index (χ4n) is 2.67. The Balaban J connectivity index is 2.26. The fourth-order valence-corrected chi connectivity index (χ4v) is 2.94. The smallest absolute Gasteiger partial charge is 0.255 e. The van der Waals surface area contributed by atoms with Crippen molar-refractivity contribution >= 4 is 23.4 Å². The molecule has 2 aromatic carbocycles. The van der Waals surface area contributed by atoms with E-state index in [2.05, 4.69) is 5.32 Å². The van der Waals surface area contributed by atoms with E-state index in [0.717, 1.165) is 5.56 Å². The lowest BCUT2D eigenvalue weighted by Crippen LogP contribution is -2.27. The number of rotatable bonds is 9. The number of ether oxygens (including phenoxy) is 4. The minimum absolute atomic E-state index is 0.113. The van der Waals surface area contributed by atoms with Crippen molar-refractivity contribution in [1.29, 1.82) is 0 Å². The maximum absolute atomic E-state index is 12.8. The third-order valence-corrected chi connectivity index (χ3v) is 4.38. The SMILES string of the molecule is COc1ccc(OC)c(C(C)NC(=O)c2cc(Cl)c(OCC(N)=O)c(OC)c2)c1. The van der Waals surface area contributed by atoms with Crippen LogP contribution in [0.25, 0.3) is 0 Å². The molecule has 0 saturated carbocycles. The number of hydrogen-bond donors (Lipinski definition) is 2. The summed E-state index contributed by atoms with van der Waals surface area (Å²) in [5.74, 6) is 0.546. The van der Waals surface area contributed by atoms with Crippen molar-refractivity contribution in [3.05, 3.63) is 46.5 Å². The van der Waals surface area contributed by atoms with Crippen LogP contribution in [0.2, 0.25) is 5.02 Å². The summed E-state index contributed by atoms with van der Waals surface area (Å²) < 4.78 is 21.1. The van der Waals surface area contributed by atoms with Gasteiger partial charge in [0.1, 0.15) is 11.5 Å². The molecule has 1 atom stereocenters. The molecule has 0 heterocycles. The Morgan fingerprint density at radius 2 is 1.76 bits per heavy atom. The number of benzene rings is 2. The number of nitrogens with one attached hydrogen (secondary N) is 1. The standard InChI is InChI=1S/C20H23ClN2O6/c1-11(14-9-13(26-2)5-6-16(14)27-3)23-20(25)12-7-15(21)19(17(8-12)28-4)29-10-18(22)24/h5-9,11H,10H2,1-4H3,(H2,22,24)(H,23,25). The maximum Gasteiger partial charge on any atom is 0.255 e. The molecule has 156 valence electrons. The van der Waals surface area contributed by atoms with E-state index in [1.54, 1.807) is 32.4 Å². The molecule has 3 N–H and O–H groups in total. The highest BCUT2D eigenvalue weighted by Crippen LogP contribution is 2.37. The largest absolute Gasteiger partial charge is 0.497 e. The number of hydrogen-bond acceptors (Lipinski definition) is 6. The lowest BCUT2D eigenvalue weighted by Gasteiger charge is -2.19. The summed E-state index contributed by atoms with van der Waals surface area (Å²) in [5.41, 5.74) is 6.09. The van der Waals surface area contributed by atoms with Crippen molar-refractivity contribution in [2.24, 2.45) is 5.73 Å². The van der Waals surface area contributed by atoms with Gasteiger partial charge in [-0.25, -0.2) is 0 Å². The summed E-state index contributed by atoms with van der Waals surface area (Å²) in [6.07, 6.45) is 0. The lowest BCUT2D eigenvalue weighted by atomic mass is 10.1. The van der Waals surface area contributed by atoms with Gasteiger partial charge in [-0.05, 0) is 37.3 Å². The normalized spacial score (nSPS) is 11.3. The second-order valence-electron chi connectivity index (χ2n) is 6.05. The van der Waals surface area contributed by atoms with Crippen LogP contribution in [0.3, 0.4) is 0 Å². The molecule has 0 aliphatic heterocycles. The molecule has 29 heavy (non-hydrogen) atoms. The first-order valence-electron chi connectivity index (χ1n) is 8.62. The minimum atomic E-state index is -0.661. The van der Waals surface area contributed by atoms with Crippen molar-refractivity contribution in [2.45, 2.75) is 13.0 Å². The second kappa shape index (κ2) is 9.88. The molecule has 9 heteroatoms. The summed E-state index contributed by atoms with van der Waals surface area (Å²) in [6, 6.07) is 7.83. The zero-order valence-corrected chi connectivity index (χ0v) is 17.3. The first kappa shape index (κ1) is 22.2. The molecule has 0 bridgehead atoms. The van der Waals surface area contributed by atoms with Crippen molar-refractivity contribution in [2.75, 3.05) is 27.9 Å². The highest BCUT2D eigenvalue weighted by molar-refractivity contribution is 6.32. The van der Waals surface area contributed by atoms with Gasteiger partial charge in [0.05, 0.1) is 32.4 Å². The van der Waals surface area contributed by atoms with E-state index in [1.807, 2.05) is 6.92 Å². The molecule has 0 spiro atoms. The predicted molar refractivity (Wildman–Crippen MR) is 108 cm³/mol. The van der Waals surface area contributed by atoms with Gasteiger partial charge in [0.2, 0.25) is 0 Å². The van der Waals surface area contributed by atoms with Gasteiger partial charge in [0.15, 0.2) is 18.1 Å². The maximum atomic E-state index is 12.8. The molecule has 0 aromatic heterocycles. The molecule has 0 aliphatic carbocycles. The number of carbonyl (C=O) groups excluding carboxylic acids is 2. The lowest BCUT2D eigenvalue weighted by molar-refractivity contribution is -0.119. The van der Waals surface area contributed by atoms with E-state index in [-0.39, 0.29) is 40.6 Å². The molecule has 0 aliphatic rings. The summed E-state index contributed by atoms with van der Waals surface area (Å²) in [6.45, 7) is 1.45. The molecule has 0 fully saturated rings. The van der Waals surface area contributed by atoms with E-state index < -0.39 is 5.91 Å². The van der Waals surface area contributed by atoms with E-state index in [9.17, 15) is 9.59 Å². The van der Waals surface area contributed by atoms with Crippen molar-refractivity contribution in [3.63, 3.8) is 0 Å². The fraction of sp³-hybridized carbons (Fsp3) is 0.300. The third-order valence-electron chi connectivity index (χ3n) is 4.10. The Kier molecular flexibility index (Phi) is 7.55. The molecular weight excluding hydrogens is 400 g/mol. The van der Waals surface area contributed by atoms with Gasteiger partial charge in [-0.15, -0.1) is 0 Å². The van der Waals surface area contributed by atoms with Crippen LogP contribution in [0, 0.1) is 0 Å². The van der Waals surface area contributed by atoms with Crippen molar-refractivity contribution in [1.82, 2.24) is 5.32 Å². The van der Waals surface area contributed by atoms with Crippen LogP contribution in [0.5, 0.6) is 23.0 Å². The topological polar surface area (TPSA) is 109 Å². The van der Waals surface area contributed by atoms with Gasteiger partial charge in [0, 0.05) is 11.1 Å². The Hall–Kier alpha value is -3.13. The van der Waals surface area contributed by atoms with Gasteiger partial charge >= 0.3 is 0 Å². The van der Waals surface area contributed by atoms with Crippen molar-refractivity contribution in [3.8, 4) is 23.0 Å². The average molecular weight is 423 g/mol. The molecule has 2 rings (SSSR count). The second-order valence-corrected chi connectivity index (χ2v) is 6.45. The van der Waals surface area contributed by atoms with E-state index in [1.165, 1.54) is 19.2 Å². The number of halogens is 1. The number of amides is 2. The van der Waals surface area contributed by atoms with Crippen LogP contribution >= 0.6 is 11.6 Å². The Morgan fingerprint density at radius 3 is 2.34 bits per heavy atom. The van der Waals surface area contributed by atoms with E-state index in [4.69, 9.17) is 36.3 Å². The number of primary amides is 1. The van der Waals surface area contributed by atoms with Gasteiger partial charge in [-0.3, -0.25) is 9.59 Å². The monoisotopic (exact) mass is 422 g/mol. The molecule has 2 amide bonds. The number of methoxy groups -OCH3 is 3. The first-order valence-corrected chi connectivity index (χ1v) is 8.99. The summed E-state index contributed by atoms with van der Waals surface area (Å²) in [7, 11) is 4.51. The molecule has 0 saturated heterocycles. The van der Waals surface area contributed by atoms with Crippen LogP contribution in [0.4, 0.5) is 0 Å². The van der Waals surface area contributed by atoms with Gasteiger partial charge in [-0.2, -0.15) is 0 Å². The molecule has 0 radical (unpaired) electrons. The third kappa shape index (κ3) is 5.45. The average Bonchev–Trinajstić information content (AvgIpc) is 2.71. The quantitative estimate of drug-likeness (QED) is 0.643. The van der Waals surface area contributed by atoms with Gasteiger partial charge in [0.25, 0.3) is 11.8 Å². The van der Waals surface area contributed by atoms with Crippen LogP contribution in [-0.4, -0.2) is 39.8 Å². The summed E-state index contributed by atoms with van der Waals surface area (Å²) in [5, 5.41) is 3.00. The minimum Gasteiger partial charge on any atom is -0.497 e. The van der Waals surface area contributed by atoms with Crippen LogP contribution in [-0.2, 0) is 4.79 Å². The molecule has 8 nitrogen and oxygen atoms in total. The Labute approximate surface area is 173 Å². The Bertz CT molecular complexity index is 903. The molecular formula is C20H23ClN2O6. The van der Waals surface area contributed by atoms with Crippen LogP contribution < -0.4 is 30.0 Å². The number of nitrogens with two attached hydrogens (primary N) is 1. The zero-order valence-electron chi connectivity index (χ0n) is 16.6. The van der Waals surface area contributed by atoms with Gasteiger partial charge in [-0.1, -0.05) is 11.6 Å². The summed E-state index contributed by atoms with van der Waals surface area (Å²) in [4.78, 5) is 23.7. The Morgan fingerprint density at radius 1 is 1.07 bits per heavy atom. The van der Waals surface area contributed by atoms with Gasteiger partial charge < -0.3 is 30.0 Å². The highest BCUT2D eigenvalue weighted by atomic mass is 35.5. The van der Waals surface area contributed by atoms with Crippen molar-refractivity contribution < 1.29 is 28.5 Å². The van der Waals surface area contributed by atoms with E-state index in [0.29, 0.717) is 11.5 Å².